The molecule has 4 nitrogen and oxygen atoms in total. The van der Waals surface area contributed by atoms with E-state index in [1.54, 1.807) is 24.5 Å². The van der Waals surface area contributed by atoms with Crippen LogP contribution in [0, 0.1) is 0 Å². The van der Waals surface area contributed by atoms with Crippen LogP contribution in [0.15, 0.2) is 48.8 Å². The van der Waals surface area contributed by atoms with Gasteiger partial charge in [0.05, 0.1) is 17.2 Å². The van der Waals surface area contributed by atoms with Gasteiger partial charge >= 0.3 is 12.4 Å². The summed E-state index contributed by atoms with van der Waals surface area (Å²) in [5.74, 6) is 0. The van der Waals surface area contributed by atoms with Crippen molar-refractivity contribution in [2.75, 3.05) is 6.54 Å². The fourth-order valence-electron chi connectivity index (χ4n) is 2.89. The van der Waals surface area contributed by atoms with Crippen LogP contribution in [-0.4, -0.2) is 21.6 Å². The van der Waals surface area contributed by atoms with Gasteiger partial charge in [0.1, 0.15) is 5.69 Å². The molecule has 3 rings (SSSR count). The van der Waals surface area contributed by atoms with E-state index in [4.69, 9.17) is 0 Å². The van der Waals surface area contributed by atoms with Gasteiger partial charge in [-0.05, 0) is 35.4 Å². The molecule has 10 heteroatoms. The largest absolute Gasteiger partial charge is 0.433 e. The quantitative estimate of drug-likeness (QED) is 0.603. The number of fused-ring (bicyclic) bond motifs is 1. The van der Waals surface area contributed by atoms with E-state index in [0.29, 0.717) is 18.7 Å². The molecule has 1 unspecified atom stereocenters. The van der Waals surface area contributed by atoms with E-state index in [2.05, 4.69) is 15.3 Å². The Kier molecular flexibility index (Phi) is 5.76. The molecule has 0 bridgehead atoms. The Morgan fingerprint density at radius 1 is 0.966 bits per heavy atom. The molecule has 0 aliphatic heterocycles. The van der Waals surface area contributed by atoms with Crippen LogP contribution in [0.1, 0.15) is 28.5 Å². The third-order valence-electron chi connectivity index (χ3n) is 4.24. The lowest BCUT2D eigenvalue weighted by atomic mass is 9.99. The van der Waals surface area contributed by atoms with Gasteiger partial charge < -0.3 is 10.4 Å². The SMILES string of the molecule is OC(CNCc1ccncc1)c1cc(C(F)(F)F)nc2c(C(F)(F)F)cccc12. The fourth-order valence-corrected chi connectivity index (χ4v) is 2.89. The van der Waals surface area contributed by atoms with Crippen molar-refractivity contribution in [2.24, 2.45) is 0 Å². The number of aliphatic hydroxyl groups is 1. The summed E-state index contributed by atoms with van der Waals surface area (Å²) in [6, 6.07) is 6.94. The van der Waals surface area contributed by atoms with Crippen LogP contribution in [-0.2, 0) is 18.9 Å². The molecule has 0 saturated carbocycles. The van der Waals surface area contributed by atoms with Crippen LogP contribution in [0.3, 0.4) is 0 Å². The number of para-hydroxylation sites is 1. The zero-order chi connectivity index (χ0) is 21.2. The number of aliphatic hydroxyl groups excluding tert-OH is 1. The van der Waals surface area contributed by atoms with Gasteiger partial charge in [-0.2, -0.15) is 26.3 Å². The normalized spacial score (nSPS) is 13.6. The molecule has 0 aliphatic rings. The van der Waals surface area contributed by atoms with Crippen molar-refractivity contribution in [3.63, 3.8) is 0 Å². The molecular weight excluding hydrogens is 400 g/mol. The number of halogens is 6. The van der Waals surface area contributed by atoms with Crippen LogP contribution < -0.4 is 5.32 Å². The van der Waals surface area contributed by atoms with Crippen molar-refractivity contribution in [1.29, 1.82) is 0 Å². The van der Waals surface area contributed by atoms with Gasteiger partial charge in [-0.1, -0.05) is 12.1 Å². The number of alkyl halides is 6. The molecule has 1 aromatic carbocycles. The second-order valence-electron chi connectivity index (χ2n) is 6.30. The smallest absolute Gasteiger partial charge is 0.387 e. The molecule has 0 spiro atoms. The van der Waals surface area contributed by atoms with Gasteiger partial charge in [-0.15, -0.1) is 0 Å². The van der Waals surface area contributed by atoms with E-state index >= 15 is 0 Å². The molecule has 0 radical (unpaired) electrons. The molecule has 2 N–H and O–H groups in total. The lowest BCUT2D eigenvalue weighted by Gasteiger charge is -2.19. The maximum atomic E-state index is 13.3. The van der Waals surface area contributed by atoms with Crippen LogP contribution >= 0.6 is 0 Å². The standard InChI is InChI=1S/C19H15F6N3O/c20-18(21,22)14-3-1-2-12-13(8-16(19(23,24)25)28-17(12)14)15(29)10-27-9-11-4-6-26-7-5-11/h1-8,15,27,29H,9-10H2. The highest BCUT2D eigenvalue weighted by Gasteiger charge is 2.37. The third kappa shape index (κ3) is 4.83. The number of aromatic nitrogens is 2. The summed E-state index contributed by atoms with van der Waals surface area (Å²) in [5, 5.41) is 13.1. The van der Waals surface area contributed by atoms with Crippen LogP contribution in [0.5, 0.6) is 0 Å². The molecule has 2 aromatic heterocycles. The van der Waals surface area contributed by atoms with Gasteiger partial charge in [0, 0.05) is 30.9 Å². The summed E-state index contributed by atoms with van der Waals surface area (Å²) in [6.45, 7) is 0.123. The number of benzene rings is 1. The van der Waals surface area contributed by atoms with E-state index in [1.807, 2.05) is 0 Å². The zero-order valence-corrected chi connectivity index (χ0v) is 14.7. The summed E-state index contributed by atoms with van der Waals surface area (Å²) >= 11 is 0. The zero-order valence-electron chi connectivity index (χ0n) is 14.7. The first-order chi connectivity index (χ1) is 13.6. The fraction of sp³-hybridized carbons (Fsp3) is 0.263. The maximum Gasteiger partial charge on any atom is 0.433 e. The van der Waals surface area contributed by atoms with Gasteiger partial charge in [-0.3, -0.25) is 4.98 Å². The Balaban J connectivity index is 1.99. The molecule has 0 aliphatic carbocycles. The molecule has 2 heterocycles. The average Bonchev–Trinajstić information content (AvgIpc) is 2.66. The van der Waals surface area contributed by atoms with Crippen molar-refractivity contribution < 1.29 is 31.4 Å². The molecule has 0 fully saturated rings. The van der Waals surface area contributed by atoms with Gasteiger partial charge in [0.25, 0.3) is 0 Å². The van der Waals surface area contributed by atoms with Crippen LogP contribution in [0.2, 0.25) is 0 Å². The monoisotopic (exact) mass is 415 g/mol. The third-order valence-corrected chi connectivity index (χ3v) is 4.24. The first kappa shape index (κ1) is 21.0. The summed E-state index contributed by atoms with van der Waals surface area (Å²) in [5.41, 5.74) is -3.10. The predicted octanol–water partition coefficient (Wildman–Crippen LogP) is 4.49. The van der Waals surface area contributed by atoms with Gasteiger partial charge in [0.15, 0.2) is 0 Å². The Morgan fingerprint density at radius 2 is 1.66 bits per heavy atom. The molecule has 3 aromatic rings. The topological polar surface area (TPSA) is 58.0 Å². The van der Waals surface area contributed by atoms with Crippen molar-refractivity contribution >= 4 is 10.9 Å². The lowest BCUT2D eigenvalue weighted by Crippen LogP contribution is -2.22. The minimum Gasteiger partial charge on any atom is -0.387 e. The average molecular weight is 415 g/mol. The highest BCUT2D eigenvalue weighted by molar-refractivity contribution is 5.86. The second-order valence-corrected chi connectivity index (χ2v) is 6.30. The number of nitrogens with zero attached hydrogens (tertiary/aromatic N) is 2. The number of nitrogens with one attached hydrogen (secondary N) is 1. The summed E-state index contributed by atoms with van der Waals surface area (Å²) in [4.78, 5) is 7.05. The second kappa shape index (κ2) is 7.96. The van der Waals surface area contributed by atoms with E-state index in [1.165, 1.54) is 6.07 Å². The highest BCUT2D eigenvalue weighted by Crippen LogP contribution is 2.38. The summed E-state index contributed by atoms with van der Waals surface area (Å²) in [6.07, 6.45) is -8.23. The van der Waals surface area contributed by atoms with E-state index in [9.17, 15) is 31.4 Å². The Labute approximate surface area is 161 Å². The Bertz CT molecular complexity index is 989. The van der Waals surface area contributed by atoms with Crippen molar-refractivity contribution in [3.05, 3.63) is 71.2 Å². The summed E-state index contributed by atoms with van der Waals surface area (Å²) < 4.78 is 79.4. The van der Waals surface area contributed by atoms with E-state index in [-0.39, 0.29) is 17.5 Å². The number of rotatable bonds is 5. The molecular formula is C19H15F6N3O. The Morgan fingerprint density at radius 3 is 2.28 bits per heavy atom. The van der Waals surface area contributed by atoms with Crippen LogP contribution in [0.25, 0.3) is 10.9 Å². The van der Waals surface area contributed by atoms with Crippen LogP contribution in [0.4, 0.5) is 26.3 Å². The van der Waals surface area contributed by atoms with E-state index in [0.717, 1.165) is 11.6 Å². The molecule has 0 amide bonds. The molecule has 154 valence electrons. The molecule has 0 saturated heterocycles. The van der Waals surface area contributed by atoms with Gasteiger partial charge in [-0.25, -0.2) is 4.98 Å². The van der Waals surface area contributed by atoms with Crippen molar-refractivity contribution in [2.45, 2.75) is 25.0 Å². The van der Waals surface area contributed by atoms with E-state index < -0.39 is 35.2 Å². The predicted molar refractivity (Wildman–Crippen MR) is 92.7 cm³/mol. The van der Waals surface area contributed by atoms with Crippen molar-refractivity contribution in [1.82, 2.24) is 15.3 Å². The van der Waals surface area contributed by atoms with Gasteiger partial charge in [0.2, 0.25) is 0 Å². The number of hydrogen-bond acceptors (Lipinski definition) is 4. The molecule has 1 atom stereocenters. The Hall–Kier alpha value is -2.72. The number of pyridine rings is 2. The minimum absolute atomic E-state index is 0.172. The maximum absolute atomic E-state index is 13.3. The highest BCUT2D eigenvalue weighted by atomic mass is 19.4. The number of hydrogen-bond donors (Lipinski definition) is 2. The first-order valence-corrected chi connectivity index (χ1v) is 8.43. The van der Waals surface area contributed by atoms with Crippen molar-refractivity contribution in [3.8, 4) is 0 Å². The molecule has 29 heavy (non-hydrogen) atoms. The lowest BCUT2D eigenvalue weighted by molar-refractivity contribution is -0.142. The summed E-state index contributed by atoms with van der Waals surface area (Å²) in [7, 11) is 0. The first-order valence-electron chi connectivity index (χ1n) is 8.43. The minimum atomic E-state index is -4.97.